The lowest BCUT2D eigenvalue weighted by Crippen LogP contribution is -2.11. The minimum atomic E-state index is -0.642. The van der Waals surface area contributed by atoms with E-state index in [-0.39, 0.29) is 5.41 Å². The van der Waals surface area contributed by atoms with Crippen molar-refractivity contribution >= 4 is 29.1 Å². The smallest absolute Gasteiger partial charge is 0.303 e. The highest BCUT2D eigenvalue weighted by molar-refractivity contribution is 7.99. The zero-order chi connectivity index (χ0) is 11.4. The molecule has 0 saturated heterocycles. The number of aryl methyl sites for hydroxylation is 1. The Bertz CT molecular complexity index is 342. The van der Waals surface area contributed by atoms with Gasteiger partial charge in [0.15, 0.2) is 0 Å². The molecule has 0 radical (unpaired) electrons. The molecule has 1 aromatic rings. The highest BCUT2D eigenvalue weighted by Gasteiger charge is 2.43. The fraction of sp³-hybridized carbons (Fsp3) is 0.583. The summed E-state index contributed by atoms with van der Waals surface area (Å²) in [5.41, 5.74) is 0.145. The Balaban J connectivity index is 1.63. The van der Waals surface area contributed by atoms with Crippen molar-refractivity contribution in [2.24, 2.45) is 5.41 Å². The van der Waals surface area contributed by atoms with Crippen LogP contribution in [0.5, 0.6) is 0 Å². The molecule has 0 bridgehead atoms. The van der Waals surface area contributed by atoms with Crippen LogP contribution in [0.2, 0.25) is 0 Å². The van der Waals surface area contributed by atoms with Crippen LogP contribution in [0.3, 0.4) is 0 Å². The molecular formula is C12H16O2S2. The predicted octanol–water partition coefficient (Wildman–Crippen LogP) is 3.28. The quantitative estimate of drug-likeness (QED) is 0.761. The molecule has 4 heteroatoms. The van der Waals surface area contributed by atoms with E-state index in [2.05, 4.69) is 17.5 Å². The van der Waals surface area contributed by atoms with Gasteiger partial charge in [-0.1, -0.05) is 6.07 Å². The fourth-order valence-corrected chi connectivity index (χ4v) is 3.96. The summed E-state index contributed by atoms with van der Waals surface area (Å²) in [6.07, 6.45) is 3.68. The van der Waals surface area contributed by atoms with Crippen LogP contribution in [-0.4, -0.2) is 22.6 Å². The molecule has 1 aliphatic carbocycles. The lowest BCUT2D eigenvalue weighted by molar-refractivity contribution is -0.138. The Kier molecular flexibility index (Phi) is 3.92. The fourth-order valence-electron chi connectivity index (χ4n) is 1.79. The van der Waals surface area contributed by atoms with Gasteiger partial charge < -0.3 is 5.11 Å². The van der Waals surface area contributed by atoms with Gasteiger partial charge in [-0.15, -0.1) is 11.3 Å². The van der Waals surface area contributed by atoms with E-state index in [4.69, 9.17) is 5.11 Å². The van der Waals surface area contributed by atoms with Crippen LogP contribution in [0, 0.1) is 5.41 Å². The first-order chi connectivity index (χ1) is 7.70. The lowest BCUT2D eigenvalue weighted by Gasteiger charge is -2.11. The molecule has 1 saturated carbocycles. The summed E-state index contributed by atoms with van der Waals surface area (Å²) in [6.45, 7) is 0. The van der Waals surface area contributed by atoms with Crippen LogP contribution < -0.4 is 0 Å². The van der Waals surface area contributed by atoms with Gasteiger partial charge in [0.2, 0.25) is 0 Å². The Labute approximate surface area is 104 Å². The van der Waals surface area contributed by atoms with Crippen LogP contribution in [0.4, 0.5) is 0 Å². The summed E-state index contributed by atoms with van der Waals surface area (Å²) in [4.78, 5) is 12.1. The molecule has 1 heterocycles. The number of hydrogen-bond donors (Lipinski definition) is 1. The van der Waals surface area contributed by atoms with Crippen LogP contribution >= 0.6 is 23.1 Å². The minimum absolute atomic E-state index is 0.145. The van der Waals surface area contributed by atoms with E-state index in [1.54, 1.807) is 11.3 Å². The zero-order valence-electron chi connectivity index (χ0n) is 9.15. The van der Waals surface area contributed by atoms with Gasteiger partial charge in [-0.3, -0.25) is 4.79 Å². The number of thioether (sulfide) groups is 1. The molecule has 0 amide bonds. The van der Waals surface area contributed by atoms with Crippen molar-refractivity contribution in [3.63, 3.8) is 0 Å². The van der Waals surface area contributed by atoms with Gasteiger partial charge in [0, 0.05) is 4.88 Å². The minimum Gasteiger partial charge on any atom is -0.481 e. The number of hydrogen-bond acceptors (Lipinski definition) is 3. The molecule has 1 aromatic heterocycles. The topological polar surface area (TPSA) is 37.3 Å². The van der Waals surface area contributed by atoms with E-state index in [0.29, 0.717) is 6.42 Å². The highest BCUT2D eigenvalue weighted by atomic mass is 32.2. The molecule has 2 rings (SSSR count). The molecule has 0 spiro atoms. The van der Waals surface area contributed by atoms with Gasteiger partial charge in [0.1, 0.15) is 0 Å². The van der Waals surface area contributed by atoms with E-state index >= 15 is 0 Å². The van der Waals surface area contributed by atoms with Gasteiger partial charge >= 0.3 is 5.97 Å². The van der Waals surface area contributed by atoms with Crippen LogP contribution in [0.15, 0.2) is 17.5 Å². The molecule has 0 aromatic carbocycles. The van der Waals surface area contributed by atoms with Crippen LogP contribution in [0.25, 0.3) is 0 Å². The number of carboxylic acid groups (broad SMARTS) is 1. The van der Waals surface area contributed by atoms with Crippen molar-refractivity contribution in [3.05, 3.63) is 22.4 Å². The van der Waals surface area contributed by atoms with Crippen molar-refractivity contribution in [3.8, 4) is 0 Å². The van der Waals surface area contributed by atoms with Crippen LogP contribution in [-0.2, 0) is 11.2 Å². The van der Waals surface area contributed by atoms with Crippen LogP contribution in [0.1, 0.15) is 24.1 Å². The molecule has 2 nitrogen and oxygen atoms in total. The van der Waals surface area contributed by atoms with Gasteiger partial charge in [-0.25, -0.2) is 0 Å². The van der Waals surface area contributed by atoms with Gasteiger partial charge in [0.25, 0.3) is 0 Å². The second kappa shape index (κ2) is 5.23. The molecule has 1 N–H and O–H groups in total. The average molecular weight is 256 g/mol. The second-order valence-corrected chi connectivity index (χ2v) is 6.59. The molecule has 1 fully saturated rings. The van der Waals surface area contributed by atoms with Crippen molar-refractivity contribution in [1.29, 1.82) is 0 Å². The third-order valence-corrected chi connectivity index (χ3v) is 5.21. The predicted molar refractivity (Wildman–Crippen MR) is 69.3 cm³/mol. The zero-order valence-corrected chi connectivity index (χ0v) is 10.8. The van der Waals surface area contributed by atoms with Gasteiger partial charge in [0.05, 0.1) is 6.42 Å². The van der Waals surface area contributed by atoms with Crippen molar-refractivity contribution in [2.45, 2.75) is 25.7 Å². The van der Waals surface area contributed by atoms with E-state index in [1.165, 1.54) is 4.88 Å². The van der Waals surface area contributed by atoms with Gasteiger partial charge in [-0.05, 0) is 47.6 Å². The Morgan fingerprint density at radius 2 is 2.38 bits per heavy atom. The Hall–Kier alpha value is -0.480. The summed E-state index contributed by atoms with van der Waals surface area (Å²) < 4.78 is 0. The second-order valence-electron chi connectivity index (χ2n) is 4.45. The summed E-state index contributed by atoms with van der Waals surface area (Å²) >= 11 is 3.71. The molecule has 0 aliphatic heterocycles. The van der Waals surface area contributed by atoms with Gasteiger partial charge in [-0.2, -0.15) is 11.8 Å². The standard InChI is InChI=1S/C12H16O2S2/c13-11(14)8-12(4-5-12)9-15-7-3-10-2-1-6-16-10/h1-2,6H,3-5,7-9H2,(H,13,14). The van der Waals surface area contributed by atoms with E-state index in [0.717, 1.165) is 30.8 Å². The first-order valence-electron chi connectivity index (χ1n) is 5.52. The molecule has 88 valence electrons. The Morgan fingerprint density at radius 3 is 2.94 bits per heavy atom. The van der Waals surface area contributed by atoms with E-state index < -0.39 is 5.97 Å². The molecule has 0 atom stereocenters. The lowest BCUT2D eigenvalue weighted by atomic mass is 10.1. The maximum atomic E-state index is 10.7. The third kappa shape index (κ3) is 3.52. The first kappa shape index (κ1) is 12.0. The summed E-state index contributed by atoms with van der Waals surface area (Å²) in [7, 11) is 0. The maximum Gasteiger partial charge on any atom is 0.303 e. The molecule has 1 aliphatic rings. The number of aliphatic carboxylic acids is 1. The van der Waals surface area contributed by atoms with E-state index in [9.17, 15) is 4.79 Å². The molecular weight excluding hydrogens is 240 g/mol. The van der Waals surface area contributed by atoms with Crippen molar-refractivity contribution in [2.75, 3.05) is 11.5 Å². The molecule has 16 heavy (non-hydrogen) atoms. The number of carbonyl (C=O) groups is 1. The normalized spacial score (nSPS) is 17.2. The highest BCUT2D eigenvalue weighted by Crippen LogP contribution is 2.51. The number of carboxylic acids is 1. The van der Waals surface area contributed by atoms with Crippen molar-refractivity contribution < 1.29 is 9.90 Å². The first-order valence-corrected chi connectivity index (χ1v) is 7.56. The maximum absolute atomic E-state index is 10.7. The monoisotopic (exact) mass is 256 g/mol. The van der Waals surface area contributed by atoms with E-state index in [1.807, 2.05) is 11.8 Å². The van der Waals surface area contributed by atoms with Crippen molar-refractivity contribution in [1.82, 2.24) is 0 Å². The summed E-state index contributed by atoms with van der Waals surface area (Å²) in [5, 5.41) is 10.9. The number of thiophene rings is 1. The summed E-state index contributed by atoms with van der Waals surface area (Å²) in [5.74, 6) is 1.49. The average Bonchev–Trinajstić information content (AvgIpc) is 2.79. The Morgan fingerprint density at radius 1 is 1.56 bits per heavy atom. The SMILES string of the molecule is O=C(O)CC1(CSCCc2cccs2)CC1. The largest absolute Gasteiger partial charge is 0.481 e. The molecule has 0 unspecified atom stereocenters. The third-order valence-electron chi connectivity index (χ3n) is 2.96. The summed E-state index contributed by atoms with van der Waals surface area (Å²) in [6, 6.07) is 4.24. The number of rotatable bonds is 7.